The lowest BCUT2D eigenvalue weighted by Crippen LogP contribution is -2.12. The largest absolute Gasteiger partial charge is 0.480 e. The molecule has 20 heavy (non-hydrogen) atoms. The Labute approximate surface area is 128 Å². The summed E-state index contributed by atoms with van der Waals surface area (Å²) >= 11 is 11.0. The highest BCUT2D eigenvalue weighted by Gasteiger charge is 2.04. The van der Waals surface area contributed by atoms with E-state index in [1.165, 1.54) is 0 Å². The Kier molecular flexibility index (Phi) is 5.09. The molecule has 0 saturated carbocycles. The van der Waals surface area contributed by atoms with Crippen LogP contribution in [-0.2, 0) is 4.74 Å². The van der Waals surface area contributed by atoms with Gasteiger partial charge in [0.15, 0.2) is 0 Å². The van der Waals surface area contributed by atoms with E-state index >= 15 is 0 Å². The number of aliphatic imine (C=N–C) groups is 1. The zero-order valence-electron chi connectivity index (χ0n) is 10.8. The fourth-order valence-electron chi connectivity index (χ4n) is 1.59. The molecule has 1 N–H and O–H groups in total. The highest BCUT2D eigenvalue weighted by Crippen LogP contribution is 2.13. The number of halogens is 1. The van der Waals surface area contributed by atoms with Crippen LogP contribution < -0.4 is 5.32 Å². The molecular formula is C15H13ClN2OS. The third-order valence-electron chi connectivity index (χ3n) is 2.51. The van der Waals surface area contributed by atoms with Gasteiger partial charge in [0.25, 0.3) is 0 Å². The normalized spacial score (nSPS) is 11.0. The molecular weight excluding hydrogens is 292 g/mol. The molecule has 0 bridgehead atoms. The van der Waals surface area contributed by atoms with Crippen molar-refractivity contribution in [3.8, 4) is 0 Å². The van der Waals surface area contributed by atoms with E-state index in [0.29, 0.717) is 16.0 Å². The van der Waals surface area contributed by atoms with Gasteiger partial charge in [-0.3, -0.25) is 0 Å². The highest BCUT2D eigenvalue weighted by molar-refractivity contribution is 7.80. The first-order chi connectivity index (χ1) is 9.69. The van der Waals surface area contributed by atoms with Gasteiger partial charge < -0.3 is 10.1 Å². The van der Waals surface area contributed by atoms with Gasteiger partial charge >= 0.3 is 0 Å². The number of methoxy groups -OCH3 is 1. The van der Waals surface area contributed by atoms with Crippen molar-refractivity contribution in [2.75, 3.05) is 12.4 Å². The Bertz CT molecular complexity index is 612. The lowest BCUT2D eigenvalue weighted by atomic mass is 10.2. The van der Waals surface area contributed by atoms with Crippen molar-refractivity contribution < 1.29 is 4.74 Å². The smallest absolute Gasteiger partial charge is 0.223 e. The predicted molar refractivity (Wildman–Crippen MR) is 87.7 cm³/mol. The standard InChI is InChI=1S/C15H13ClN2OS/c1-19-14(11-5-3-2-4-6-11)18-15(20)17-13-9-7-12(16)8-10-13/h2-10H,1H3,(H,17,20)/b18-14-. The Balaban J connectivity index is 2.12. The molecule has 102 valence electrons. The zero-order valence-corrected chi connectivity index (χ0v) is 12.4. The summed E-state index contributed by atoms with van der Waals surface area (Å²) in [5.41, 5.74) is 1.70. The molecule has 5 heteroatoms. The van der Waals surface area contributed by atoms with E-state index < -0.39 is 0 Å². The molecule has 0 fully saturated rings. The van der Waals surface area contributed by atoms with Crippen molar-refractivity contribution in [1.82, 2.24) is 0 Å². The topological polar surface area (TPSA) is 33.6 Å². The first-order valence-electron chi connectivity index (χ1n) is 5.93. The summed E-state index contributed by atoms with van der Waals surface area (Å²) in [5.74, 6) is 0.470. The van der Waals surface area contributed by atoms with E-state index in [2.05, 4.69) is 10.3 Å². The lowest BCUT2D eigenvalue weighted by molar-refractivity contribution is 0.405. The van der Waals surface area contributed by atoms with Crippen LogP contribution in [0.25, 0.3) is 0 Å². The number of ether oxygens (including phenoxy) is 1. The van der Waals surface area contributed by atoms with E-state index in [-0.39, 0.29) is 0 Å². The minimum Gasteiger partial charge on any atom is -0.480 e. The van der Waals surface area contributed by atoms with Crippen LogP contribution in [0.4, 0.5) is 5.69 Å². The molecule has 0 aliphatic carbocycles. The molecule has 3 nitrogen and oxygen atoms in total. The Morgan fingerprint density at radius 3 is 2.35 bits per heavy atom. The van der Waals surface area contributed by atoms with Crippen LogP contribution in [0.1, 0.15) is 5.56 Å². The molecule has 0 spiro atoms. The molecule has 2 aromatic rings. The van der Waals surface area contributed by atoms with Gasteiger partial charge in [0.1, 0.15) is 0 Å². The first kappa shape index (κ1) is 14.5. The van der Waals surface area contributed by atoms with Crippen LogP contribution in [-0.4, -0.2) is 18.1 Å². The van der Waals surface area contributed by atoms with E-state index in [1.54, 1.807) is 19.2 Å². The van der Waals surface area contributed by atoms with Crippen molar-refractivity contribution in [3.05, 3.63) is 65.2 Å². The van der Waals surface area contributed by atoms with E-state index in [1.807, 2.05) is 42.5 Å². The van der Waals surface area contributed by atoms with Crippen molar-refractivity contribution in [1.29, 1.82) is 0 Å². The maximum absolute atomic E-state index is 5.83. The molecule has 0 aliphatic rings. The fraction of sp³-hybridized carbons (Fsp3) is 0.0667. The number of rotatable bonds is 2. The summed E-state index contributed by atoms with van der Waals surface area (Å²) in [7, 11) is 1.57. The maximum atomic E-state index is 5.83. The zero-order chi connectivity index (χ0) is 14.4. The molecule has 0 atom stereocenters. The first-order valence-corrected chi connectivity index (χ1v) is 6.72. The molecule has 0 radical (unpaired) electrons. The Morgan fingerprint density at radius 2 is 1.75 bits per heavy atom. The van der Waals surface area contributed by atoms with Crippen molar-refractivity contribution in [3.63, 3.8) is 0 Å². The summed E-state index contributed by atoms with van der Waals surface area (Å²) in [6, 6.07) is 16.8. The average molecular weight is 305 g/mol. The van der Waals surface area contributed by atoms with Gasteiger partial charge in [-0.1, -0.05) is 29.8 Å². The maximum Gasteiger partial charge on any atom is 0.223 e. The SMILES string of the molecule is CO/C(=N\C(=S)Nc1ccc(Cl)cc1)c1ccccc1. The van der Waals surface area contributed by atoms with Gasteiger partial charge in [-0.05, 0) is 48.6 Å². The third-order valence-corrected chi connectivity index (χ3v) is 2.96. The van der Waals surface area contributed by atoms with Crippen LogP contribution in [0.2, 0.25) is 5.02 Å². The monoisotopic (exact) mass is 304 g/mol. The molecule has 2 rings (SSSR count). The van der Waals surface area contributed by atoms with Crippen LogP contribution >= 0.6 is 23.8 Å². The van der Waals surface area contributed by atoms with E-state index in [0.717, 1.165) is 11.3 Å². The highest BCUT2D eigenvalue weighted by atomic mass is 35.5. The van der Waals surface area contributed by atoms with Gasteiger partial charge in [-0.25, -0.2) is 0 Å². The second kappa shape index (κ2) is 7.03. The lowest BCUT2D eigenvalue weighted by Gasteiger charge is -2.07. The summed E-state index contributed by atoms with van der Waals surface area (Å²) in [5, 5.41) is 4.01. The summed E-state index contributed by atoms with van der Waals surface area (Å²) in [6.07, 6.45) is 0. The second-order valence-corrected chi connectivity index (χ2v) is 4.75. The third kappa shape index (κ3) is 4.05. The number of hydrogen-bond donors (Lipinski definition) is 1. The average Bonchev–Trinajstić information content (AvgIpc) is 2.48. The number of nitrogens with zero attached hydrogens (tertiary/aromatic N) is 1. The van der Waals surface area contributed by atoms with Crippen molar-refractivity contribution in [2.45, 2.75) is 0 Å². The molecule has 0 unspecified atom stereocenters. The van der Waals surface area contributed by atoms with Gasteiger partial charge in [0.05, 0.1) is 7.11 Å². The summed E-state index contributed by atoms with van der Waals surface area (Å²) in [6.45, 7) is 0. The molecule has 0 heterocycles. The summed E-state index contributed by atoms with van der Waals surface area (Å²) < 4.78 is 5.27. The van der Waals surface area contributed by atoms with Crippen LogP contribution in [0.5, 0.6) is 0 Å². The molecule has 2 aromatic carbocycles. The number of benzene rings is 2. The molecule has 0 amide bonds. The minimum atomic E-state index is 0.327. The number of nitrogens with one attached hydrogen (secondary N) is 1. The number of anilines is 1. The molecule has 0 aromatic heterocycles. The molecule has 0 aliphatic heterocycles. The summed E-state index contributed by atoms with van der Waals surface area (Å²) in [4.78, 5) is 4.26. The second-order valence-electron chi connectivity index (χ2n) is 3.92. The van der Waals surface area contributed by atoms with Crippen LogP contribution in [0, 0.1) is 0 Å². The van der Waals surface area contributed by atoms with Gasteiger partial charge in [0.2, 0.25) is 11.0 Å². The minimum absolute atomic E-state index is 0.327. The predicted octanol–water partition coefficient (Wildman–Crippen LogP) is 4.13. The Morgan fingerprint density at radius 1 is 1.10 bits per heavy atom. The van der Waals surface area contributed by atoms with Gasteiger partial charge in [0, 0.05) is 16.3 Å². The Hall–Kier alpha value is -1.91. The van der Waals surface area contributed by atoms with E-state index in [9.17, 15) is 0 Å². The quantitative estimate of drug-likeness (QED) is 0.514. The number of thiocarbonyl (C=S) groups is 1. The van der Waals surface area contributed by atoms with Gasteiger partial charge in [-0.15, -0.1) is 0 Å². The van der Waals surface area contributed by atoms with Crippen molar-refractivity contribution in [2.24, 2.45) is 4.99 Å². The van der Waals surface area contributed by atoms with Crippen molar-refractivity contribution >= 4 is 40.5 Å². The van der Waals surface area contributed by atoms with Gasteiger partial charge in [-0.2, -0.15) is 4.99 Å². The van der Waals surface area contributed by atoms with Crippen LogP contribution in [0.3, 0.4) is 0 Å². The fourth-order valence-corrected chi connectivity index (χ4v) is 1.91. The van der Waals surface area contributed by atoms with Crippen LogP contribution in [0.15, 0.2) is 59.6 Å². The molecule has 0 saturated heterocycles. The van der Waals surface area contributed by atoms with E-state index in [4.69, 9.17) is 28.6 Å². The number of hydrogen-bond acceptors (Lipinski definition) is 2.